The minimum atomic E-state index is -4.38. The maximum absolute atomic E-state index is 12.5. The van der Waals surface area contributed by atoms with Gasteiger partial charge in [0.25, 0.3) is 0 Å². The van der Waals surface area contributed by atoms with Crippen LogP contribution >= 0.6 is 7.82 Å². The highest BCUT2D eigenvalue weighted by atomic mass is 31.2. The number of unbranched alkanes of at least 4 members (excludes halogenated alkanes) is 14. The Kier molecular flexibility index (Phi) is 34.3. The molecule has 2 atom stereocenters. The molecule has 0 heterocycles. The molecule has 0 spiro atoms. The summed E-state index contributed by atoms with van der Waals surface area (Å²) in [4.78, 5) is 34.6. The SMILES string of the molecule is CCCCCC=CCC=CCC=CCC=CCCCC(=O)OCC(COP(=O)(O)OCCN)OC(=O)CCCCCCCCCCCCC. The number of esters is 2. The molecule has 0 aliphatic carbocycles. The van der Waals surface area contributed by atoms with Gasteiger partial charge in [-0.15, -0.1) is 0 Å². The zero-order valence-corrected chi connectivity index (χ0v) is 31.8. The summed E-state index contributed by atoms with van der Waals surface area (Å²) < 4.78 is 32.6. The fourth-order valence-corrected chi connectivity index (χ4v) is 5.63. The van der Waals surface area contributed by atoms with Crippen molar-refractivity contribution >= 4 is 19.8 Å². The minimum absolute atomic E-state index is 0.0456. The van der Waals surface area contributed by atoms with E-state index in [2.05, 4.69) is 56.4 Å². The maximum Gasteiger partial charge on any atom is 0.472 e. The molecule has 0 bridgehead atoms. The largest absolute Gasteiger partial charge is 0.472 e. The van der Waals surface area contributed by atoms with Gasteiger partial charge in [0.05, 0.1) is 13.2 Å². The Balaban J connectivity index is 4.32. The number of hydrogen-bond acceptors (Lipinski definition) is 8. The van der Waals surface area contributed by atoms with Crippen LogP contribution in [0.15, 0.2) is 48.6 Å². The van der Waals surface area contributed by atoms with Gasteiger partial charge in [-0.05, 0) is 51.4 Å². The van der Waals surface area contributed by atoms with Crippen molar-refractivity contribution in [3.8, 4) is 0 Å². The highest BCUT2D eigenvalue weighted by Crippen LogP contribution is 2.43. The van der Waals surface area contributed by atoms with E-state index in [4.69, 9.17) is 24.3 Å². The molecule has 10 heteroatoms. The number of carbonyl (C=O) groups is 2. The van der Waals surface area contributed by atoms with E-state index in [0.717, 1.165) is 44.9 Å². The molecule has 0 aliphatic heterocycles. The highest BCUT2D eigenvalue weighted by Gasteiger charge is 2.25. The minimum Gasteiger partial charge on any atom is -0.462 e. The number of ether oxygens (including phenoxy) is 2. The Morgan fingerprint density at radius 1 is 0.612 bits per heavy atom. The normalized spacial score (nSPS) is 14.0. The zero-order valence-electron chi connectivity index (χ0n) is 30.9. The smallest absolute Gasteiger partial charge is 0.462 e. The van der Waals surface area contributed by atoms with Crippen LogP contribution in [-0.4, -0.2) is 49.3 Å². The molecule has 0 rings (SSSR count). The summed E-state index contributed by atoms with van der Waals surface area (Å²) in [6, 6.07) is 0. The Morgan fingerprint density at radius 3 is 1.63 bits per heavy atom. The second-order valence-electron chi connectivity index (χ2n) is 12.4. The van der Waals surface area contributed by atoms with Crippen LogP contribution in [0.2, 0.25) is 0 Å². The van der Waals surface area contributed by atoms with Gasteiger partial charge in [-0.3, -0.25) is 18.6 Å². The second-order valence-corrected chi connectivity index (χ2v) is 13.9. The lowest BCUT2D eigenvalue weighted by Gasteiger charge is -2.19. The summed E-state index contributed by atoms with van der Waals surface area (Å²) in [6.07, 6.45) is 38.6. The number of carbonyl (C=O) groups excluding carboxylic acids is 2. The summed E-state index contributed by atoms with van der Waals surface area (Å²) in [5.41, 5.74) is 5.32. The molecule has 0 aliphatic rings. The number of rotatable bonds is 35. The monoisotopic (exact) mass is 711 g/mol. The van der Waals surface area contributed by atoms with Crippen LogP contribution in [0.25, 0.3) is 0 Å². The third kappa shape index (κ3) is 35.6. The van der Waals surface area contributed by atoms with E-state index in [1.165, 1.54) is 70.6 Å². The molecule has 9 nitrogen and oxygen atoms in total. The maximum atomic E-state index is 12.5. The van der Waals surface area contributed by atoms with E-state index in [1.807, 2.05) is 6.08 Å². The van der Waals surface area contributed by atoms with Crippen molar-refractivity contribution in [3.05, 3.63) is 48.6 Å². The summed E-state index contributed by atoms with van der Waals surface area (Å²) in [5.74, 6) is -0.898. The molecule has 0 fully saturated rings. The Labute approximate surface area is 298 Å². The first-order chi connectivity index (χ1) is 23.8. The van der Waals surface area contributed by atoms with Gasteiger partial charge >= 0.3 is 19.8 Å². The zero-order chi connectivity index (χ0) is 36.1. The van der Waals surface area contributed by atoms with Gasteiger partial charge in [0.2, 0.25) is 0 Å². The van der Waals surface area contributed by atoms with Gasteiger partial charge in [-0.2, -0.15) is 0 Å². The van der Waals surface area contributed by atoms with Crippen molar-refractivity contribution in [2.24, 2.45) is 5.73 Å². The third-order valence-corrected chi connectivity index (χ3v) is 8.70. The van der Waals surface area contributed by atoms with Crippen molar-refractivity contribution in [3.63, 3.8) is 0 Å². The molecule has 0 aromatic carbocycles. The molecule has 0 saturated carbocycles. The van der Waals surface area contributed by atoms with Crippen molar-refractivity contribution in [2.45, 2.75) is 161 Å². The fraction of sp³-hybridized carbons (Fsp3) is 0.744. The summed E-state index contributed by atoms with van der Waals surface area (Å²) in [6.45, 7) is 3.61. The average molecular weight is 712 g/mol. The lowest BCUT2D eigenvalue weighted by Crippen LogP contribution is -2.29. The molecule has 0 aromatic rings. The van der Waals surface area contributed by atoms with E-state index >= 15 is 0 Å². The van der Waals surface area contributed by atoms with E-state index in [9.17, 15) is 19.0 Å². The Hall–Kier alpha value is -2.03. The van der Waals surface area contributed by atoms with Crippen molar-refractivity contribution < 1.29 is 37.6 Å². The molecular formula is C39H70NO8P. The molecular weight excluding hydrogens is 641 g/mol. The van der Waals surface area contributed by atoms with E-state index in [0.29, 0.717) is 12.8 Å². The molecule has 284 valence electrons. The summed E-state index contributed by atoms with van der Waals surface area (Å²) in [5, 5.41) is 0. The van der Waals surface area contributed by atoms with Gasteiger partial charge in [0.15, 0.2) is 6.10 Å². The highest BCUT2D eigenvalue weighted by molar-refractivity contribution is 7.47. The fourth-order valence-electron chi connectivity index (χ4n) is 4.86. The van der Waals surface area contributed by atoms with Crippen LogP contribution in [0.5, 0.6) is 0 Å². The predicted octanol–water partition coefficient (Wildman–Crippen LogP) is 10.4. The summed E-state index contributed by atoms with van der Waals surface area (Å²) in [7, 11) is -4.38. The van der Waals surface area contributed by atoms with Crippen LogP contribution in [0.4, 0.5) is 0 Å². The lowest BCUT2D eigenvalue weighted by atomic mass is 10.1. The second kappa shape index (κ2) is 35.8. The lowest BCUT2D eigenvalue weighted by molar-refractivity contribution is -0.161. The van der Waals surface area contributed by atoms with Gasteiger partial charge in [0, 0.05) is 19.4 Å². The van der Waals surface area contributed by atoms with E-state index in [-0.39, 0.29) is 32.6 Å². The number of hydrogen-bond donors (Lipinski definition) is 2. The topological polar surface area (TPSA) is 134 Å². The van der Waals surface area contributed by atoms with E-state index in [1.54, 1.807) is 0 Å². The number of phosphoric ester groups is 1. The van der Waals surface area contributed by atoms with Gasteiger partial charge in [-0.25, -0.2) is 4.57 Å². The van der Waals surface area contributed by atoms with E-state index < -0.39 is 32.5 Å². The van der Waals surface area contributed by atoms with Crippen LogP contribution in [0.1, 0.15) is 155 Å². The predicted molar refractivity (Wildman–Crippen MR) is 201 cm³/mol. The van der Waals surface area contributed by atoms with Gasteiger partial charge < -0.3 is 20.1 Å². The first-order valence-corrected chi connectivity index (χ1v) is 20.6. The molecule has 3 N–H and O–H groups in total. The van der Waals surface area contributed by atoms with Crippen molar-refractivity contribution in [2.75, 3.05) is 26.4 Å². The average Bonchev–Trinajstić information content (AvgIpc) is 3.08. The first-order valence-electron chi connectivity index (χ1n) is 19.1. The molecule has 0 amide bonds. The first kappa shape index (κ1) is 47.0. The van der Waals surface area contributed by atoms with Crippen molar-refractivity contribution in [1.29, 1.82) is 0 Å². The quantitative estimate of drug-likeness (QED) is 0.0285. The molecule has 49 heavy (non-hydrogen) atoms. The van der Waals surface area contributed by atoms with Gasteiger partial charge in [0.1, 0.15) is 6.61 Å². The van der Waals surface area contributed by atoms with Crippen molar-refractivity contribution in [1.82, 2.24) is 0 Å². The van der Waals surface area contributed by atoms with Crippen LogP contribution in [0.3, 0.4) is 0 Å². The number of nitrogens with two attached hydrogens (primary N) is 1. The Morgan fingerprint density at radius 2 is 1.08 bits per heavy atom. The standard InChI is InChI=1S/C39H70NO8P/c1-3-5-7-9-11-13-15-16-17-18-19-20-22-23-25-27-29-31-38(41)45-35-37(36-47-49(43,44)46-34-33-40)48-39(42)32-30-28-26-24-21-14-12-10-8-6-4-2/h11,13,16-17,19-20,23,25,37H,3-10,12,14-15,18,21-22,24,26-36,40H2,1-2H3,(H,43,44). The van der Waals surface area contributed by atoms with Crippen LogP contribution in [0, 0.1) is 0 Å². The van der Waals surface area contributed by atoms with Gasteiger partial charge in [-0.1, -0.05) is 140 Å². The van der Waals surface area contributed by atoms with Crippen LogP contribution < -0.4 is 5.73 Å². The molecule has 0 radical (unpaired) electrons. The Bertz CT molecular complexity index is 949. The molecule has 0 aromatic heterocycles. The number of allylic oxidation sites excluding steroid dienone is 8. The van der Waals surface area contributed by atoms with Crippen LogP contribution in [-0.2, 0) is 32.7 Å². The summed E-state index contributed by atoms with van der Waals surface area (Å²) >= 11 is 0. The molecule has 0 saturated heterocycles. The number of phosphoric acid groups is 1. The molecule has 2 unspecified atom stereocenters. The third-order valence-electron chi connectivity index (χ3n) is 7.72.